The van der Waals surface area contributed by atoms with Crippen molar-refractivity contribution in [3.8, 4) is 0 Å². The Morgan fingerprint density at radius 2 is 2.20 bits per heavy atom. The van der Waals surface area contributed by atoms with Gasteiger partial charge >= 0.3 is 0 Å². The van der Waals surface area contributed by atoms with E-state index in [4.69, 9.17) is 5.73 Å². The lowest BCUT2D eigenvalue weighted by molar-refractivity contribution is 0.668. The van der Waals surface area contributed by atoms with Crippen LogP contribution in [0.25, 0.3) is 10.1 Å². The van der Waals surface area contributed by atoms with E-state index in [1.54, 1.807) is 11.3 Å². The number of hydrogen-bond donors (Lipinski definition) is 1. The standard InChI is InChI=1S/C13H15NS/c1-2-3-7-12(14)11-9-15-13-8-5-4-6-10(11)13/h2,4-6,8-9,12H,1,3,7,14H2/t12-/m1/s1. The van der Waals surface area contributed by atoms with E-state index in [1.807, 2.05) is 6.08 Å². The second-order valence-electron chi connectivity index (χ2n) is 3.66. The van der Waals surface area contributed by atoms with E-state index in [-0.39, 0.29) is 6.04 Å². The zero-order valence-electron chi connectivity index (χ0n) is 8.65. The number of allylic oxidation sites excluding steroid dienone is 1. The zero-order valence-corrected chi connectivity index (χ0v) is 9.46. The Hall–Kier alpha value is -1.12. The van der Waals surface area contributed by atoms with Crippen LogP contribution in [-0.2, 0) is 0 Å². The van der Waals surface area contributed by atoms with Gasteiger partial charge in [-0.3, -0.25) is 0 Å². The molecule has 1 aromatic carbocycles. The van der Waals surface area contributed by atoms with Crippen LogP contribution in [0, 0.1) is 0 Å². The van der Waals surface area contributed by atoms with Crippen molar-refractivity contribution in [3.63, 3.8) is 0 Å². The summed E-state index contributed by atoms with van der Waals surface area (Å²) in [6.07, 6.45) is 3.88. The van der Waals surface area contributed by atoms with Crippen LogP contribution in [0.15, 0.2) is 42.3 Å². The first-order chi connectivity index (χ1) is 7.33. The van der Waals surface area contributed by atoms with Gasteiger partial charge in [-0.25, -0.2) is 0 Å². The van der Waals surface area contributed by atoms with Crippen LogP contribution in [0.5, 0.6) is 0 Å². The molecule has 1 aromatic heterocycles. The van der Waals surface area contributed by atoms with Gasteiger partial charge in [0.25, 0.3) is 0 Å². The summed E-state index contributed by atoms with van der Waals surface area (Å²) in [4.78, 5) is 0. The van der Waals surface area contributed by atoms with Gasteiger partial charge in [0.2, 0.25) is 0 Å². The van der Waals surface area contributed by atoms with E-state index in [9.17, 15) is 0 Å². The minimum Gasteiger partial charge on any atom is -0.324 e. The van der Waals surface area contributed by atoms with Gasteiger partial charge in [-0.1, -0.05) is 24.3 Å². The highest BCUT2D eigenvalue weighted by Gasteiger charge is 2.10. The van der Waals surface area contributed by atoms with Crippen molar-refractivity contribution in [1.82, 2.24) is 0 Å². The first kappa shape index (κ1) is 10.4. The van der Waals surface area contributed by atoms with E-state index >= 15 is 0 Å². The van der Waals surface area contributed by atoms with E-state index in [0.717, 1.165) is 12.8 Å². The molecule has 0 amide bonds. The smallest absolute Gasteiger partial charge is 0.0346 e. The molecule has 0 saturated carbocycles. The van der Waals surface area contributed by atoms with Gasteiger partial charge < -0.3 is 5.73 Å². The molecule has 2 rings (SSSR count). The highest BCUT2D eigenvalue weighted by Crippen LogP contribution is 2.30. The fraction of sp³-hybridized carbons (Fsp3) is 0.231. The molecule has 1 nitrogen and oxygen atoms in total. The third-order valence-corrected chi connectivity index (χ3v) is 3.57. The Bertz CT molecular complexity index is 458. The Labute approximate surface area is 94.2 Å². The first-order valence-electron chi connectivity index (χ1n) is 5.15. The lowest BCUT2D eigenvalue weighted by atomic mass is 10.0. The van der Waals surface area contributed by atoms with Crippen LogP contribution in [0.1, 0.15) is 24.4 Å². The molecule has 0 aliphatic rings. The number of nitrogens with two attached hydrogens (primary N) is 1. The summed E-state index contributed by atoms with van der Waals surface area (Å²) in [5.41, 5.74) is 7.43. The maximum Gasteiger partial charge on any atom is 0.0346 e. The summed E-state index contributed by atoms with van der Waals surface area (Å²) in [6.45, 7) is 3.72. The molecule has 1 atom stereocenters. The fourth-order valence-electron chi connectivity index (χ4n) is 1.74. The molecule has 2 aromatic rings. The summed E-state index contributed by atoms with van der Waals surface area (Å²) in [7, 11) is 0. The van der Waals surface area contributed by atoms with Gasteiger partial charge in [0.15, 0.2) is 0 Å². The lowest BCUT2D eigenvalue weighted by Crippen LogP contribution is -2.08. The van der Waals surface area contributed by atoms with Gasteiger partial charge in [-0.2, -0.15) is 0 Å². The predicted molar refractivity (Wildman–Crippen MR) is 68.2 cm³/mol. The molecule has 0 aliphatic heterocycles. The number of rotatable bonds is 4. The molecule has 0 aliphatic carbocycles. The highest BCUT2D eigenvalue weighted by atomic mass is 32.1. The summed E-state index contributed by atoms with van der Waals surface area (Å²) in [5, 5.41) is 3.48. The van der Waals surface area contributed by atoms with Crippen LogP contribution in [0.4, 0.5) is 0 Å². The molecular weight excluding hydrogens is 202 g/mol. The summed E-state index contributed by atoms with van der Waals surface area (Å²) >= 11 is 1.77. The maximum absolute atomic E-state index is 6.15. The number of benzene rings is 1. The van der Waals surface area contributed by atoms with Gasteiger partial charge in [-0.05, 0) is 35.2 Å². The molecule has 0 fully saturated rings. The van der Waals surface area contributed by atoms with Crippen LogP contribution in [-0.4, -0.2) is 0 Å². The van der Waals surface area contributed by atoms with Crippen LogP contribution in [0.3, 0.4) is 0 Å². The predicted octanol–water partition coefficient (Wildman–Crippen LogP) is 3.87. The molecule has 0 spiro atoms. The van der Waals surface area contributed by atoms with Gasteiger partial charge in [-0.15, -0.1) is 17.9 Å². The molecule has 2 heteroatoms. The molecule has 1 heterocycles. The normalized spacial score (nSPS) is 12.9. The molecule has 0 unspecified atom stereocenters. The van der Waals surface area contributed by atoms with E-state index < -0.39 is 0 Å². The van der Waals surface area contributed by atoms with Crippen molar-refractivity contribution >= 4 is 21.4 Å². The van der Waals surface area contributed by atoms with E-state index in [0.29, 0.717) is 0 Å². The van der Waals surface area contributed by atoms with Crippen LogP contribution < -0.4 is 5.73 Å². The van der Waals surface area contributed by atoms with Crippen molar-refractivity contribution in [1.29, 1.82) is 0 Å². The quantitative estimate of drug-likeness (QED) is 0.773. The van der Waals surface area contributed by atoms with Gasteiger partial charge in [0.1, 0.15) is 0 Å². The third kappa shape index (κ3) is 2.11. The molecule has 2 N–H and O–H groups in total. The third-order valence-electron chi connectivity index (χ3n) is 2.59. The minimum atomic E-state index is 0.138. The number of fused-ring (bicyclic) bond motifs is 1. The van der Waals surface area contributed by atoms with Crippen molar-refractivity contribution in [3.05, 3.63) is 47.9 Å². The van der Waals surface area contributed by atoms with E-state index in [1.165, 1.54) is 15.6 Å². The average molecular weight is 217 g/mol. The highest BCUT2D eigenvalue weighted by molar-refractivity contribution is 7.17. The Morgan fingerprint density at radius 3 is 3.00 bits per heavy atom. The van der Waals surface area contributed by atoms with Gasteiger partial charge in [0, 0.05) is 10.7 Å². The monoisotopic (exact) mass is 217 g/mol. The number of thiophene rings is 1. The topological polar surface area (TPSA) is 26.0 Å². The van der Waals surface area contributed by atoms with E-state index in [2.05, 4.69) is 36.2 Å². The Balaban J connectivity index is 2.30. The average Bonchev–Trinajstić information content (AvgIpc) is 2.69. The molecular formula is C13H15NS. The fourth-order valence-corrected chi connectivity index (χ4v) is 2.76. The van der Waals surface area contributed by atoms with Crippen LogP contribution >= 0.6 is 11.3 Å². The number of hydrogen-bond acceptors (Lipinski definition) is 2. The second kappa shape index (κ2) is 4.60. The zero-order chi connectivity index (χ0) is 10.7. The molecule has 78 valence electrons. The summed E-state index contributed by atoms with van der Waals surface area (Å²) in [6, 6.07) is 8.56. The molecule has 15 heavy (non-hydrogen) atoms. The van der Waals surface area contributed by atoms with Crippen LogP contribution in [0.2, 0.25) is 0 Å². The molecule has 0 saturated heterocycles. The summed E-state index contributed by atoms with van der Waals surface area (Å²) in [5.74, 6) is 0. The minimum absolute atomic E-state index is 0.138. The molecule has 0 bridgehead atoms. The summed E-state index contributed by atoms with van der Waals surface area (Å²) < 4.78 is 1.32. The first-order valence-corrected chi connectivity index (χ1v) is 6.03. The second-order valence-corrected chi connectivity index (χ2v) is 4.57. The largest absolute Gasteiger partial charge is 0.324 e. The van der Waals surface area contributed by atoms with Crippen molar-refractivity contribution < 1.29 is 0 Å². The maximum atomic E-state index is 6.15. The lowest BCUT2D eigenvalue weighted by Gasteiger charge is -2.08. The van der Waals surface area contributed by atoms with Gasteiger partial charge in [0.05, 0.1) is 0 Å². The Kier molecular flexibility index (Phi) is 3.19. The van der Waals surface area contributed by atoms with Crippen molar-refractivity contribution in [2.24, 2.45) is 5.73 Å². The van der Waals surface area contributed by atoms with Crippen molar-refractivity contribution in [2.45, 2.75) is 18.9 Å². The molecule has 0 radical (unpaired) electrons. The SMILES string of the molecule is C=CCC[C@@H](N)c1csc2ccccc12. The van der Waals surface area contributed by atoms with Crippen molar-refractivity contribution in [2.75, 3.05) is 0 Å². The Morgan fingerprint density at radius 1 is 1.40 bits per heavy atom.